The number of anilines is 1. The van der Waals surface area contributed by atoms with Gasteiger partial charge in [-0.05, 0) is 32.4 Å². The zero-order valence-corrected chi connectivity index (χ0v) is 12.2. The van der Waals surface area contributed by atoms with Crippen molar-refractivity contribution in [3.8, 4) is 0 Å². The Kier molecular flexibility index (Phi) is 5.29. The number of rotatable bonds is 6. The highest BCUT2D eigenvalue weighted by atomic mass is 16.1. The third kappa shape index (κ3) is 4.16. The summed E-state index contributed by atoms with van der Waals surface area (Å²) in [5.74, 6) is 1.05. The third-order valence-corrected chi connectivity index (χ3v) is 3.46. The van der Waals surface area contributed by atoms with Crippen molar-refractivity contribution >= 4 is 11.7 Å². The minimum Gasteiger partial charge on any atom is -0.369 e. The van der Waals surface area contributed by atoms with Crippen LogP contribution in [0.3, 0.4) is 0 Å². The van der Waals surface area contributed by atoms with Crippen LogP contribution < -0.4 is 10.6 Å². The second-order valence-corrected chi connectivity index (χ2v) is 5.34. The number of amides is 1. The fourth-order valence-corrected chi connectivity index (χ4v) is 2.33. The largest absolute Gasteiger partial charge is 0.369 e. The highest BCUT2D eigenvalue weighted by Crippen LogP contribution is 2.13. The predicted octanol–water partition coefficient (Wildman–Crippen LogP) is 0.980. The van der Waals surface area contributed by atoms with E-state index in [-0.39, 0.29) is 5.91 Å². The molecule has 1 fully saturated rings. The maximum atomic E-state index is 12.1. The average Bonchev–Trinajstić information content (AvgIpc) is 2.88. The highest BCUT2D eigenvalue weighted by molar-refractivity contribution is 5.92. The van der Waals surface area contributed by atoms with Gasteiger partial charge < -0.3 is 15.5 Å². The lowest BCUT2D eigenvalue weighted by molar-refractivity contribution is 0.0942. The van der Waals surface area contributed by atoms with Gasteiger partial charge in [0.2, 0.25) is 0 Å². The summed E-state index contributed by atoms with van der Waals surface area (Å²) in [7, 11) is 2.11. The van der Waals surface area contributed by atoms with Crippen LogP contribution in [0.15, 0.2) is 12.4 Å². The Hall–Kier alpha value is -1.69. The van der Waals surface area contributed by atoms with Gasteiger partial charge in [0.1, 0.15) is 11.5 Å². The van der Waals surface area contributed by atoms with Crippen LogP contribution in [-0.2, 0) is 0 Å². The fourth-order valence-electron chi connectivity index (χ4n) is 2.33. The Balaban J connectivity index is 1.85. The first kappa shape index (κ1) is 14.7. The fraction of sp³-hybridized carbons (Fsp3) is 0.643. The van der Waals surface area contributed by atoms with Crippen LogP contribution in [0.1, 0.15) is 30.3 Å². The van der Waals surface area contributed by atoms with Crippen molar-refractivity contribution in [2.45, 2.75) is 19.8 Å². The summed E-state index contributed by atoms with van der Waals surface area (Å²) in [4.78, 5) is 22.7. The van der Waals surface area contributed by atoms with E-state index in [4.69, 9.17) is 0 Å². The van der Waals surface area contributed by atoms with Crippen molar-refractivity contribution < 1.29 is 4.79 Å². The summed E-state index contributed by atoms with van der Waals surface area (Å²) >= 11 is 0. The van der Waals surface area contributed by atoms with Crippen molar-refractivity contribution in [3.63, 3.8) is 0 Å². The Morgan fingerprint density at radius 3 is 3.05 bits per heavy atom. The number of aromatic nitrogens is 2. The summed E-state index contributed by atoms with van der Waals surface area (Å²) < 4.78 is 0. The Morgan fingerprint density at radius 1 is 1.50 bits per heavy atom. The molecule has 0 bridgehead atoms. The highest BCUT2D eigenvalue weighted by Gasteiger charge is 2.20. The average molecular weight is 277 g/mol. The van der Waals surface area contributed by atoms with Crippen LogP contribution in [0.2, 0.25) is 0 Å². The van der Waals surface area contributed by atoms with Gasteiger partial charge in [0, 0.05) is 19.6 Å². The van der Waals surface area contributed by atoms with Crippen LogP contribution in [0.5, 0.6) is 0 Å². The summed E-state index contributed by atoms with van der Waals surface area (Å²) in [5, 5.41) is 6.08. The van der Waals surface area contributed by atoms with E-state index in [0.29, 0.717) is 24.0 Å². The molecule has 0 spiro atoms. The van der Waals surface area contributed by atoms with E-state index >= 15 is 0 Å². The molecule has 0 saturated carbocycles. The lowest BCUT2D eigenvalue weighted by atomic mass is 10.1. The summed E-state index contributed by atoms with van der Waals surface area (Å²) in [5.41, 5.74) is 0.373. The molecule has 20 heavy (non-hydrogen) atoms. The number of hydrogen-bond acceptors (Lipinski definition) is 5. The molecule has 2 heterocycles. The summed E-state index contributed by atoms with van der Waals surface area (Å²) in [6.45, 7) is 5.77. The zero-order chi connectivity index (χ0) is 14.4. The standard InChI is InChI=1S/C14H23N5O/c1-3-5-16-13-9-15-8-12(18-13)14(20)17-7-11-4-6-19(2)10-11/h8-9,11H,3-7,10H2,1-2H3,(H,16,18)(H,17,20). The Bertz CT molecular complexity index is 451. The molecule has 1 aromatic heterocycles. The number of nitrogens with zero attached hydrogens (tertiary/aromatic N) is 3. The minimum absolute atomic E-state index is 0.146. The molecule has 1 amide bonds. The van der Waals surface area contributed by atoms with Crippen LogP contribution in [0.25, 0.3) is 0 Å². The molecule has 1 atom stereocenters. The van der Waals surface area contributed by atoms with E-state index in [9.17, 15) is 4.79 Å². The maximum absolute atomic E-state index is 12.1. The molecule has 0 radical (unpaired) electrons. The smallest absolute Gasteiger partial charge is 0.271 e. The monoisotopic (exact) mass is 277 g/mol. The molecule has 110 valence electrons. The Morgan fingerprint density at radius 2 is 2.35 bits per heavy atom. The van der Waals surface area contributed by atoms with E-state index in [0.717, 1.165) is 32.5 Å². The maximum Gasteiger partial charge on any atom is 0.271 e. The first-order chi connectivity index (χ1) is 9.69. The lowest BCUT2D eigenvalue weighted by Crippen LogP contribution is -2.31. The number of likely N-dealkylation sites (tertiary alicyclic amines) is 1. The number of carbonyl (C=O) groups excluding carboxylic acids is 1. The first-order valence-electron chi connectivity index (χ1n) is 7.21. The van der Waals surface area contributed by atoms with Gasteiger partial charge in [-0.2, -0.15) is 0 Å². The van der Waals surface area contributed by atoms with Gasteiger partial charge in [0.25, 0.3) is 5.91 Å². The molecule has 1 saturated heterocycles. The number of nitrogens with one attached hydrogen (secondary N) is 2. The summed E-state index contributed by atoms with van der Waals surface area (Å²) in [6.07, 6.45) is 5.29. The van der Waals surface area contributed by atoms with Crippen LogP contribution in [-0.4, -0.2) is 54.0 Å². The Labute approximate surface area is 120 Å². The molecule has 2 N–H and O–H groups in total. The molecule has 0 aliphatic carbocycles. The summed E-state index contributed by atoms with van der Waals surface area (Å²) in [6, 6.07) is 0. The molecular formula is C14H23N5O. The van der Waals surface area contributed by atoms with Crippen molar-refractivity contribution in [1.82, 2.24) is 20.2 Å². The van der Waals surface area contributed by atoms with Crippen LogP contribution in [0, 0.1) is 5.92 Å². The van der Waals surface area contributed by atoms with Gasteiger partial charge in [-0.25, -0.2) is 4.98 Å². The van der Waals surface area contributed by atoms with Crippen molar-refractivity contribution in [3.05, 3.63) is 18.1 Å². The molecule has 0 aromatic carbocycles. The quantitative estimate of drug-likeness (QED) is 0.811. The van der Waals surface area contributed by atoms with Crippen molar-refractivity contribution in [2.75, 3.05) is 38.5 Å². The second-order valence-electron chi connectivity index (χ2n) is 5.34. The normalized spacial score (nSPS) is 19.0. The van der Waals surface area contributed by atoms with E-state index in [1.54, 1.807) is 6.20 Å². The molecule has 1 aromatic rings. The van der Waals surface area contributed by atoms with Crippen molar-refractivity contribution in [2.24, 2.45) is 5.92 Å². The zero-order valence-electron chi connectivity index (χ0n) is 12.2. The van der Waals surface area contributed by atoms with E-state index in [1.807, 2.05) is 0 Å². The van der Waals surface area contributed by atoms with Gasteiger partial charge in [-0.15, -0.1) is 0 Å². The lowest BCUT2D eigenvalue weighted by Gasteiger charge is -2.11. The van der Waals surface area contributed by atoms with Gasteiger partial charge in [0.05, 0.1) is 12.4 Å². The minimum atomic E-state index is -0.146. The second kappa shape index (κ2) is 7.19. The van der Waals surface area contributed by atoms with Crippen LogP contribution in [0.4, 0.5) is 5.82 Å². The molecule has 1 unspecified atom stereocenters. The molecule has 6 heteroatoms. The topological polar surface area (TPSA) is 70.2 Å². The van der Waals surface area contributed by atoms with E-state index in [2.05, 4.69) is 39.5 Å². The van der Waals surface area contributed by atoms with Crippen LogP contribution >= 0.6 is 0 Å². The number of hydrogen-bond donors (Lipinski definition) is 2. The van der Waals surface area contributed by atoms with Gasteiger partial charge in [-0.3, -0.25) is 9.78 Å². The first-order valence-corrected chi connectivity index (χ1v) is 7.21. The molecular weight excluding hydrogens is 254 g/mol. The SMILES string of the molecule is CCCNc1cncc(C(=O)NCC2CCN(C)C2)n1. The molecule has 1 aliphatic heterocycles. The van der Waals surface area contributed by atoms with Crippen molar-refractivity contribution in [1.29, 1.82) is 0 Å². The third-order valence-electron chi connectivity index (χ3n) is 3.46. The molecule has 2 rings (SSSR count). The van der Waals surface area contributed by atoms with E-state index in [1.165, 1.54) is 6.20 Å². The number of carbonyl (C=O) groups is 1. The van der Waals surface area contributed by atoms with Gasteiger partial charge in [-0.1, -0.05) is 6.92 Å². The van der Waals surface area contributed by atoms with Gasteiger partial charge >= 0.3 is 0 Å². The van der Waals surface area contributed by atoms with Gasteiger partial charge in [0.15, 0.2) is 0 Å². The molecule has 6 nitrogen and oxygen atoms in total. The molecule has 1 aliphatic rings. The van der Waals surface area contributed by atoms with E-state index < -0.39 is 0 Å². The predicted molar refractivity (Wildman–Crippen MR) is 78.7 cm³/mol.